The predicted molar refractivity (Wildman–Crippen MR) is 181 cm³/mol. The molecule has 2 unspecified atom stereocenters. The zero-order valence-corrected chi connectivity index (χ0v) is 30.9. The van der Waals surface area contributed by atoms with E-state index in [1.807, 2.05) is 44.2 Å². The molecule has 0 radical (unpaired) electrons. The van der Waals surface area contributed by atoms with Crippen LogP contribution in [0.1, 0.15) is 115 Å². The largest absolute Gasteiger partial charge is 0.496 e. The predicted octanol–water partition coefficient (Wildman–Crippen LogP) is 5.86. The quantitative estimate of drug-likeness (QED) is 0.230. The summed E-state index contributed by atoms with van der Waals surface area (Å²) in [4.78, 5) is 62.4. The highest BCUT2D eigenvalue weighted by Crippen LogP contribution is 2.47. The number of hydrogen-bond acceptors (Lipinski definition) is 12. The number of benzene rings is 2. The number of sulfone groups is 1. The summed E-state index contributed by atoms with van der Waals surface area (Å²) >= 11 is 0. The molecule has 1 heterocycles. The first-order chi connectivity index (χ1) is 23.9. The summed E-state index contributed by atoms with van der Waals surface area (Å²) in [5.74, 6) is -0.0516. The first kappa shape index (κ1) is 45.8. The van der Waals surface area contributed by atoms with Crippen molar-refractivity contribution in [2.75, 3.05) is 19.5 Å². The van der Waals surface area contributed by atoms with Crippen molar-refractivity contribution in [2.45, 2.75) is 109 Å². The number of nitrogens with one attached hydrogen (secondary N) is 1. The second-order valence-corrected chi connectivity index (χ2v) is 13.7. The zero-order chi connectivity index (χ0) is 38.3. The Morgan fingerprint density at radius 3 is 1.90 bits per heavy atom. The van der Waals surface area contributed by atoms with Crippen molar-refractivity contribution in [1.29, 1.82) is 0 Å². The normalized spacial score (nSPS) is 18.1. The molecule has 276 valence electrons. The number of fused-ring (bicyclic) bond motifs is 1. The molecule has 0 bridgehead atoms. The number of unbranched alkanes of at least 4 members (excludes halogenated alkanes) is 1. The van der Waals surface area contributed by atoms with Crippen LogP contribution in [0.4, 0.5) is 0 Å². The number of ether oxygens (including phenoxy) is 2. The molecule has 1 aliphatic heterocycles. The maximum Gasteiger partial charge on any atom is 0.373 e. The van der Waals surface area contributed by atoms with Crippen molar-refractivity contribution in [2.24, 2.45) is 11.8 Å². The van der Waals surface area contributed by atoms with Crippen molar-refractivity contribution in [3.63, 3.8) is 0 Å². The van der Waals surface area contributed by atoms with Gasteiger partial charge < -0.3 is 9.47 Å². The molecule has 0 fully saturated rings. The van der Waals surface area contributed by atoms with Gasteiger partial charge in [0.25, 0.3) is 0 Å². The number of carbonyl (C=O) groups excluding carboxylic acids is 7. The highest BCUT2D eigenvalue weighted by Gasteiger charge is 2.44. The van der Waals surface area contributed by atoms with Crippen molar-refractivity contribution in [1.82, 2.24) is 5.32 Å². The minimum absolute atomic E-state index is 0.0311. The molecular formula is C37H51NO11S. The molecule has 0 spiro atoms. The molecule has 0 saturated carbocycles. The zero-order valence-electron chi connectivity index (χ0n) is 30.1. The van der Waals surface area contributed by atoms with E-state index in [1.54, 1.807) is 7.11 Å². The maximum atomic E-state index is 14.4. The topological polar surface area (TPSA) is 184 Å². The lowest BCUT2D eigenvalue weighted by molar-refractivity contribution is -0.193. The van der Waals surface area contributed by atoms with Crippen molar-refractivity contribution in [3.8, 4) is 5.75 Å². The molecule has 13 heteroatoms. The van der Waals surface area contributed by atoms with Gasteiger partial charge in [-0.05, 0) is 60.9 Å². The smallest absolute Gasteiger partial charge is 0.373 e. The van der Waals surface area contributed by atoms with E-state index in [1.165, 1.54) is 0 Å². The van der Waals surface area contributed by atoms with E-state index in [0.29, 0.717) is 35.7 Å². The van der Waals surface area contributed by atoms with Gasteiger partial charge in [-0.3, -0.25) is 10.1 Å². The van der Waals surface area contributed by atoms with Gasteiger partial charge in [0.1, 0.15) is 5.75 Å². The molecule has 0 saturated heterocycles. The lowest BCUT2D eigenvalue weighted by atomic mass is 9.73. The molecular weight excluding hydrogens is 666 g/mol. The third kappa shape index (κ3) is 12.6. The second-order valence-electron chi connectivity index (χ2n) is 11.7. The van der Waals surface area contributed by atoms with Gasteiger partial charge >= 0.3 is 24.4 Å². The lowest BCUT2D eigenvalue weighted by Crippen LogP contribution is -2.50. The highest BCUT2D eigenvalue weighted by molar-refractivity contribution is 7.91. The molecule has 2 aromatic rings. The molecule has 50 heavy (non-hydrogen) atoms. The van der Waals surface area contributed by atoms with Crippen LogP contribution in [0.3, 0.4) is 0 Å². The number of esters is 1. The summed E-state index contributed by atoms with van der Waals surface area (Å²) in [6.07, 6.45) is 6.47. The number of hydrogen-bond donors (Lipinski definition) is 1. The first-order valence-corrected chi connectivity index (χ1v) is 18.5. The molecule has 3 rings (SSSR count). The Morgan fingerprint density at radius 2 is 1.46 bits per heavy atom. The molecule has 1 N–H and O–H groups in total. The summed E-state index contributed by atoms with van der Waals surface area (Å²) in [6, 6.07) is 13.5. The molecule has 4 atom stereocenters. The van der Waals surface area contributed by atoms with E-state index >= 15 is 0 Å². The summed E-state index contributed by atoms with van der Waals surface area (Å²) in [6.45, 7) is 12.6. The summed E-state index contributed by atoms with van der Waals surface area (Å²) in [5.41, 5.74) is 1.95. The Balaban J connectivity index is 0.00000240. The Labute approximate surface area is 295 Å². The van der Waals surface area contributed by atoms with Gasteiger partial charge in [-0.15, -0.1) is 0 Å². The van der Waals surface area contributed by atoms with Crippen LogP contribution in [0.15, 0.2) is 47.4 Å². The molecule has 12 nitrogen and oxygen atoms in total. The van der Waals surface area contributed by atoms with E-state index in [9.17, 15) is 13.2 Å². The average Bonchev–Trinajstić information content (AvgIpc) is 3.20. The van der Waals surface area contributed by atoms with Crippen LogP contribution >= 0.6 is 0 Å². The fourth-order valence-corrected chi connectivity index (χ4v) is 8.91. The van der Waals surface area contributed by atoms with Crippen LogP contribution in [0.25, 0.3) is 0 Å². The minimum atomic E-state index is -3.69. The van der Waals surface area contributed by atoms with Gasteiger partial charge in [-0.1, -0.05) is 90.6 Å². The second kappa shape index (κ2) is 24.0. The fourth-order valence-electron chi connectivity index (χ4n) is 6.75. The van der Waals surface area contributed by atoms with Crippen molar-refractivity contribution < 1.29 is 51.5 Å². The van der Waals surface area contributed by atoms with Crippen LogP contribution in [-0.2, 0) is 48.1 Å². The van der Waals surface area contributed by atoms with Crippen molar-refractivity contribution >= 4 is 34.3 Å². The summed E-state index contributed by atoms with van der Waals surface area (Å²) in [7, 11) is -2.05. The molecule has 0 aliphatic carbocycles. The monoisotopic (exact) mass is 717 g/mol. The van der Waals surface area contributed by atoms with Crippen LogP contribution in [0.5, 0.6) is 5.75 Å². The van der Waals surface area contributed by atoms with Crippen LogP contribution in [-0.4, -0.2) is 57.9 Å². The molecule has 0 aromatic heterocycles. The first-order valence-electron chi connectivity index (χ1n) is 16.8. The molecule has 2 aromatic carbocycles. The number of methoxy groups -OCH3 is 1. The van der Waals surface area contributed by atoms with E-state index in [-0.39, 0.29) is 48.1 Å². The van der Waals surface area contributed by atoms with Crippen LogP contribution < -0.4 is 10.1 Å². The van der Waals surface area contributed by atoms with Crippen LogP contribution in [0, 0.1) is 11.8 Å². The lowest BCUT2D eigenvalue weighted by Gasteiger charge is -2.36. The Morgan fingerprint density at radius 1 is 0.900 bits per heavy atom. The Kier molecular flexibility index (Phi) is 22.0. The van der Waals surface area contributed by atoms with Gasteiger partial charge in [0.2, 0.25) is 0 Å². The van der Waals surface area contributed by atoms with Gasteiger partial charge in [0.15, 0.2) is 9.84 Å². The van der Waals surface area contributed by atoms with Crippen LogP contribution in [0.2, 0.25) is 0 Å². The fraction of sp³-hybridized carbons (Fsp3) is 0.568. The summed E-state index contributed by atoms with van der Waals surface area (Å²) < 4.78 is 40.3. The minimum Gasteiger partial charge on any atom is -0.496 e. The summed E-state index contributed by atoms with van der Waals surface area (Å²) in [5, 5.41) is 3.85. The average molecular weight is 718 g/mol. The number of rotatable bonds is 14. The standard InChI is InChI=1S/C34H51NO5S.3CO2/c1-8-14-20-34(12-5)23-41(37,38)30-22-27(31(24(9-2)10-3)26(11-4)33(36)40-13-6)29(39-7)21-28(30)32(35-34)25-18-16-15-17-19-25;3*2-1-3/h15-19,21-22,24,26,31-32,35H,8-14,20,23H2,1-7H3;;;/t26?,31?,32-,34-;;;/m1.../s1. The van der Waals surface area contributed by atoms with E-state index in [0.717, 1.165) is 43.2 Å². The van der Waals surface area contributed by atoms with E-state index < -0.39 is 21.3 Å². The Bertz CT molecular complexity index is 1490. The van der Waals surface area contributed by atoms with E-state index in [4.69, 9.17) is 38.2 Å². The Hall–Kier alpha value is -4.24. The van der Waals surface area contributed by atoms with Crippen molar-refractivity contribution in [3.05, 3.63) is 59.2 Å². The van der Waals surface area contributed by atoms with E-state index in [2.05, 4.69) is 45.1 Å². The number of carbonyl (C=O) groups is 1. The SMILES string of the molecule is CCCC[C@]1(CC)CS(=O)(=O)c2cc(C(C(CC)CC)C(CC)C(=O)OCC)c(OC)cc2[C@@H](c2ccccc2)N1.O=C=O.O=C=O.O=C=O. The van der Waals surface area contributed by atoms with Gasteiger partial charge in [0.05, 0.1) is 36.3 Å². The third-order valence-electron chi connectivity index (χ3n) is 9.12. The maximum absolute atomic E-state index is 14.4. The highest BCUT2D eigenvalue weighted by atomic mass is 32.2. The molecule has 1 aliphatic rings. The molecule has 0 amide bonds. The van der Waals surface area contributed by atoms with Gasteiger partial charge in [0, 0.05) is 11.5 Å². The third-order valence-corrected chi connectivity index (χ3v) is 11.1. The van der Waals surface area contributed by atoms with Gasteiger partial charge in [-0.2, -0.15) is 28.8 Å². The van der Waals surface area contributed by atoms with Gasteiger partial charge in [-0.25, -0.2) is 8.42 Å².